The van der Waals surface area contributed by atoms with Crippen molar-refractivity contribution in [2.24, 2.45) is 0 Å². The quantitative estimate of drug-likeness (QED) is 0.716. The Bertz CT molecular complexity index is 783. The number of nitrogens with zero attached hydrogens (tertiary/aromatic N) is 1. The first-order valence-corrected chi connectivity index (χ1v) is 8.49. The Morgan fingerprint density at radius 2 is 2.04 bits per heavy atom. The number of carbonyl (C=O) groups excluding carboxylic acids is 3. The molecule has 3 amide bonds. The van der Waals surface area contributed by atoms with Crippen LogP contribution in [0.4, 0.5) is 0 Å². The number of hydrogen-bond donors (Lipinski definition) is 3. The fraction of sp³-hybridized carbons (Fsp3) is 0.389. The second kappa shape index (κ2) is 7.83. The highest BCUT2D eigenvalue weighted by Gasteiger charge is 2.21. The Morgan fingerprint density at radius 3 is 2.88 bits per heavy atom. The van der Waals surface area contributed by atoms with Crippen LogP contribution in [-0.2, 0) is 20.8 Å². The van der Waals surface area contributed by atoms with Gasteiger partial charge in [0.2, 0.25) is 17.7 Å². The number of aromatic amines is 1. The standard InChI is InChI=1S/C18H22N4O3/c23-16(5-6-18(25)22-10-9-20-17(24)12-22)19-8-7-13-11-21-15-4-2-1-3-14(13)15/h1-4,11,21H,5-10,12H2,(H,19,23)(H,20,24). The summed E-state index contributed by atoms with van der Waals surface area (Å²) >= 11 is 0. The minimum atomic E-state index is -0.151. The average molecular weight is 342 g/mol. The molecule has 3 N–H and O–H groups in total. The lowest BCUT2D eigenvalue weighted by atomic mass is 10.1. The number of amides is 3. The lowest BCUT2D eigenvalue weighted by Gasteiger charge is -2.26. The molecule has 1 fully saturated rings. The highest BCUT2D eigenvalue weighted by Crippen LogP contribution is 2.17. The highest BCUT2D eigenvalue weighted by atomic mass is 16.2. The van der Waals surface area contributed by atoms with Gasteiger partial charge < -0.3 is 20.5 Å². The maximum Gasteiger partial charge on any atom is 0.239 e. The monoisotopic (exact) mass is 342 g/mol. The van der Waals surface area contributed by atoms with E-state index in [1.807, 2.05) is 24.4 Å². The van der Waals surface area contributed by atoms with Crippen LogP contribution in [0, 0.1) is 0 Å². The summed E-state index contributed by atoms with van der Waals surface area (Å²) < 4.78 is 0. The Labute approximate surface area is 145 Å². The molecular weight excluding hydrogens is 320 g/mol. The highest BCUT2D eigenvalue weighted by molar-refractivity contribution is 5.88. The topological polar surface area (TPSA) is 94.3 Å². The first-order valence-electron chi connectivity index (χ1n) is 8.49. The third kappa shape index (κ3) is 4.37. The Balaban J connectivity index is 1.39. The van der Waals surface area contributed by atoms with Crippen molar-refractivity contribution in [1.82, 2.24) is 20.5 Å². The van der Waals surface area contributed by atoms with Gasteiger partial charge in [0.05, 0.1) is 6.54 Å². The zero-order valence-electron chi connectivity index (χ0n) is 14.0. The summed E-state index contributed by atoms with van der Waals surface area (Å²) in [5.41, 5.74) is 2.24. The number of H-pyrrole nitrogens is 1. The Hall–Kier alpha value is -2.83. The van der Waals surface area contributed by atoms with Gasteiger partial charge in [-0.3, -0.25) is 14.4 Å². The second-order valence-corrected chi connectivity index (χ2v) is 6.12. The maximum atomic E-state index is 12.0. The molecule has 7 nitrogen and oxygen atoms in total. The zero-order chi connectivity index (χ0) is 17.6. The SMILES string of the molecule is O=C(CCC(=O)N1CCNC(=O)C1)NCCc1c[nH]c2ccccc12. The van der Waals surface area contributed by atoms with Crippen molar-refractivity contribution in [3.63, 3.8) is 0 Å². The zero-order valence-corrected chi connectivity index (χ0v) is 14.0. The van der Waals surface area contributed by atoms with Crippen LogP contribution in [0.15, 0.2) is 30.5 Å². The van der Waals surface area contributed by atoms with Crippen LogP contribution in [0.5, 0.6) is 0 Å². The maximum absolute atomic E-state index is 12.0. The van der Waals surface area contributed by atoms with E-state index in [0.29, 0.717) is 19.6 Å². The van der Waals surface area contributed by atoms with Gasteiger partial charge in [-0.1, -0.05) is 18.2 Å². The fourth-order valence-electron chi connectivity index (χ4n) is 2.99. The smallest absolute Gasteiger partial charge is 0.239 e. The summed E-state index contributed by atoms with van der Waals surface area (Å²) in [7, 11) is 0. The van der Waals surface area contributed by atoms with E-state index < -0.39 is 0 Å². The number of aromatic nitrogens is 1. The van der Waals surface area contributed by atoms with E-state index in [2.05, 4.69) is 21.7 Å². The molecule has 1 aliphatic rings. The predicted octanol–water partition coefficient (Wildman–Crippen LogP) is 0.565. The molecule has 1 aliphatic heterocycles. The van der Waals surface area contributed by atoms with E-state index in [1.165, 1.54) is 4.90 Å². The number of fused-ring (bicyclic) bond motifs is 1. The summed E-state index contributed by atoms with van der Waals surface area (Å²) in [6.07, 6.45) is 2.97. The van der Waals surface area contributed by atoms with E-state index in [4.69, 9.17) is 0 Å². The average Bonchev–Trinajstić information content (AvgIpc) is 3.03. The molecule has 2 aromatic rings. The van der Waals surface area contributed by atoms with Crippen LogP contribution in [0.25, 0.3) is 10.9 Å². The number of rotatable bonds is 6. The molecule has 25 heavy (non-hydrogen) atoms. The van der Waals surface area contributed by atoms with E-state index in [0.717, 1.165) is 22.9 Å². The van der Waals surface area contributed by atoms with E-state index >= 15 is 0 Å². The molecule has 0 atom stereocenters. The Kier molecular flexibility index (Phi) is 5.33. The normalized spacial score (nSPS) is 14.4. The predicted molar refractivity (Wildman–Crippen MR) is 93.8 cm³/mol. The number of para-hydroxylation sites is 1. The van der Waals surface area contributed by atoms with Crippen LogP contribution in [-0.4, -0.2) is 53.8 Å². The van der Waals surface area contributed by atoms with Gasteiger partial charge in [0.1, 0.15) is 0 Å². The van der Waals surface area contributed by atoms with E-state index in [-0.39, 0.29) is 37.1 Å². The third-order valence-corrected chi connectivity index (χ3v) is 4.35. The van der Waals surface area contributed by atoms with Crippen molar-refractivity contribution in [3.05, 3.63) is 36.0 Å². The number of nitrogens with one attached hydrogen (secondary N) is 3. The molecule has 132 valence electrons. The molecule has 2 heterocycles. The van der Waals surface area contributed by atoms with Gasteiger partial charge in [-0.05, 0) is 18.1 Å². The molecule has 0 aliphatic carbocycles. The van der Waals surface area contributed by atoms with Gasteiger partial charge in [-0.2, -0.15) is 0 Å². The lowest BCUT2D eigenvalue weighted by molar-refractivity contribution is -0.139. The summed E-state index contributed by atoms with van der Waals surface area (Å²) in [5.74, 6) is -0.445. The number of benzene rings is 1. The van der Waals surface area contributed by atoms with Gasteiger partial charge in [0, 0.05) is 49.6 Å². The molecular formula is C18H22N4O3. The van der Waals surface area contributed by atoms with Gasteiger partial charge in [0.15, 0.2) is 0 Å². The molecule has 0 radical (unpaired) electrons. The van der Waals surface area contributed by atoms with Crippen molar-refractivity contribution in [2.75, 3.05) is 26.2 Å². The molecule has 0 bridgehead atoms. The van der Waals surface area contributed by atoms with Gasteiger partial charge in [-0.15, -0.1) is 0 Å². The second-order valence-electron chi connectivity index (χ2n) is 6.12. The first-order chi connectivity index (χ1) is 12.1. The summed E-state index contributed by atoms with van der Waals surface area (Å²) in [6, 6.07) is 8.04. The minimum Gasteiger partial charge on any atom is -0.361 e. The van der Waals surface area contributed by atoms with Gasteiger partial charge in [0.25, 0.3) is 0 Å². The molecule has 1 aromatic carbocycles. The van der Waals surface area contributed by atoms with Gasteiger partial charge >= 0.3 is 0 Å². The lowest BCUT2D eigenvalue weighted by Crippen LogP contribution is -2.50. The molecule has 0 unspecified atom stereocenters. The number of carbonyl (C=O) groups is 3. The van der Waals surface area contributed by atoms with Crippen LogP contribution in [0.1, 0.15) is 18.4 Å². The van der Waals surface area contributed by atoms with Crippen LogP contribution in [0.3, 0.4) is 0 Å². The summed E-state index contributed by atoms with van der Waals surface area (Å²) in [5, 5.41) is 6.68. The largest absolute Gasteiger partial charge is 0.361 e. The van der Waals surface area contributed by atoms with E-state index in [1.54, 1.807) is 0 Å². The minimum absolute atomic E-state index is 0.0843. The Morgan fingerprint density at radius 1 is 1.20 bits per heavy atom. The molecule has 7 heteroatoms. The summed E-state index contributed by atoms with van der Waals surface area (Å²) in [4.78, 5) is 39.9. The van der Waals surface area contributed by atoms with Crippen molar-refractivity contribution in [2.45, 2.75) is 19.3 Å². The number of piperazine rings is 1. The van der Waals surface area contributed by atoms with Crippen LogP contribution in [0.2, 0.25) is 0 Å². The van der Waals surface area contributed by atoms with Crippen molar-refractivity contribution in [3.8, 4) is 0 Å². The summed E-state index contributed by atoms with van der Waals surface area (Å²) in [6.45, 7) is 1.59. The van der Waals surface area contributed by atoms with Crippen LogP contribution < -0.4 is 10.6 Å². The fourth-order valence-corrected chi connectivity index (χ4v) is 2.99. The molecule has 1 saturated heterocycles. The third-order valence-electron chi connectivity index (χ3n) is 4.35. The molecule has 0 saturated carbocycles. The molecule has 1 aromatic heterocycles. The van der Waals surface area contributed by atoms with Crippen LogP contribution >= 0.6 is 0 Å². The van der Waals surface area contributed by atoms with Crippen molar-refractivity contribution in [1.29, 1.82) is 0 Å². The first kappa shape index (κ1) is 17.0. The van der Waals surface area contributed by atoms with Crippen molar-refractivity contribution < 1.29 is 14.4 Å². The van der Waals surface area contributed by atoms with E-state index in [9.17, 15) is 14.4 Å². The number of hydrogen-bond acceptors (Lipinski definition) is 3. The molecule has 0 spiro atoms. The van der Waals surface area contributed by atoms with Crippen molar-refractivity contribution >= 4 is 28.6 Å². The molecule has 3 rings (SSSR count). The van der Waals surface area contributed by atoms with Gasteiger partial charge in [-0.25, -0.2) is 0 Å².